The lowest BCUT2D eigenvalue weighted by molar-refractivity contribution is -0.116. The molecule has 0 saturated carbocycles. The smallest absolute Gasteiger partial charge is 0.226 e. The minimum absolute atomic E-state index is 0.0674. The number of carbonyl (C=O) groups excluding carboxylic acids is 1. The fourth-order valence-corrected chi connectivity index (χ4v) is 4.35. The number of hydrogen-bond donors (Lipinski definition) is 1. The van der Waals surface area contributed by atoms with Gasteiger partial charge in [0.15, 0.2) is 11.6 Å². The number of Topliss-reactive ketones (excluding diaryl/α,β-unsaturated/α-hetero) is 1. The number of anilines is 1. The number of carbonyl (C=O) groups is 1. The van der Waals surface area contributed by atoms with Gasteiger partial charge in [-0.3, -0.25) is 4.79 Å². The SMILES string of the molecule is CC(C)(C)c1ccc(-c2nc3n(n2)C(c2ccc(F)cc2)C2=C(CCCC2=O)N3)cc1. The zero-order valence-corrected chi connectivity index (χ0v) is 17.9. The average Bonchev–Trinajstić information content (AvgIpc) is 3.16. The minimum atomic E-state index is -0.408. The van der Waals surface area contributed by atoms with Gasteiger partial charge in [-0.05, 0) is 41.5 Å². The molecule has 2 aromatic carbocycles. The van der Waals surface area contributed by atoms with Crippen LogP contribution in [0, 0.1) is 5.82 Å². The summed E-state index contributed by atoms with van der Waals surface area (Å²) in [6, 6.07) is 14.2. The Balaban J connectivity index is 1.60. The third kappa shape index (κ3) is 3.46. The van der Waals surface area contributed by atoms with E-state index >= 15 is 0 Å². The molecule has 1 aromatic heterocycles. The third-order valence-corrected chi connectivity index (χ3v) is 6.06. The van der Waals surface area contributed by atoms with Crippen LogP contribution in [0.5, 0.6) is 0 Å². The molecule has 0 saturated heterocycles. The van der Waals surface area contributed by atoms with Gasteiger partial charge in [-0.25, -0.2) is 9.07 Å². The van der Waals surface area contributed by atoms with E-state index in [1.807, 2.05) is 12.1 Å². The summed E-state index contributed by atoms with van der Waals surface area (Å²) in [5, 5.41) is 8.12. The molecule has 158 valence electrons. The van der Waals surface area contributed by atoms with E-state index in [1.165, 1.54) is 17.7 Å². The second-order valence-corrected chi connectivity index (χ2v) is 9.28. The number of aromatic nitrogens is 3. The maximum Gasteiger partial charge on any atom is 0.226 e. The molecular weight excluding hydrogens is 391 g/mol. The summed E-state index contributed by atoms with van der Waals surface area (Å²) in [5.74, 6) is 1.01. The van der Waals surface area contributed by atoms with E-state index in [1.54, 1.807) is 16.8 Å². The first kappa shape index (κ1) is 19.7. The lowest BCUT2D eigenvalue weighted by Gasteiger charge is -2.32. The van der Waals surface area contributed by atoms with Crippen LogP contribution in [0.15, 0.2) is 59.8 Å². The number of halogens is 1. The Morgan fingerprint density at radius 3 is 2.42 bits per heavy atom. The van der Waals surface area contributed by atoms with Gasteiger partial charge in [0.1, 0.15) is 11.9 Å². The number of allylic oxidation sites excluding steroid dienone is 2. The summed E-state index contributed by atoms with van der Waals surface area (Å²) in [6.45, 7) is 6.54. The van der Waals surface area contributed by atoms with Crippen molar-refractivity contribution in [3.05, 3.63) is 76.7 Å². The Hall–Kier alpha value is -3.28. The molecule has 0 fully saturated rings. The highest BCUT2D eigenvalue weighted by molar-refractivity contribution is 5.99. The molecular formula is C25H25FN4O. The zero-order chi connectivity index (χ0) is 21.8. The standard InChI is InChI=1S/C25H25FN4O/c1-25(2,3)17-11-7-16(8-12-17)23-28-24-27-19-5-4-6-20(31)21(19)22(30(24)29-23)15-9-13-18(26)14-10-15/h7-14,22H,4-6H2,1-3H3,(H,27,28,29). The quantitative estimate of drug-likeness (QED) is 0.607. The number of hydrogen-bond acceptors (Lipinski definition) is 4. The van der Waals surface area contributed by atoms with Crippen LogP contribution >= 0.6 is 0 Å². The molecule has 6 heteroatoms. The molecule has 0 bridgehead atoms. The van der Waals surface area contributed by atoms with Crippen LogP contribution in [0.3, 0.4) is 0 Å². The van der Waals surface area contributed by atoms with E-state index in [-0.39, 0.29) is 17.0 Å². The number of nitrogens with one attached hydrogen (secondary N) is 1. The molecule has 1 aliphatic carbocycles. The summed E-state index contributed by atoms with van der Waals surface area (Å²) in [6.07, 6.45) is 2.13. The van der Waals surface area contributed by atoms with Gasteiger partial charge in [0.05, 0.1) is 0 Å². The number of rotatable bonds is 2. The summed E-state index contributed by atoms with van der Waals surface area (Å²) >= 11 is 0. The molecule has 0 radical (unpaired) electrons. The fourth-order valence-electron chi connectivity index (χ4n) is 4.35. The van der Waals surface area contributed by atoms with Gasteiger partial charge in [0.2, 0.25) is 5.95 Å². The highest BCUT2D eigenvalue weighted by atomic mass is 19.1. The van der Waals surface area contributed by atoms with Crippen molar-refractivity contribution in [1.29, 1.82) is 0 Å². The first-order valence-electron chi connectivity index (χ1n) is 10.7. The van der Waals surface area contributed by atoms with Gasteiger partial charge in [0, 0.05) is 23.3 Å². The summed E-state index contributed by atoms with van der Waals surface area (Å²) in [4.78, 5) is 17.6. The van der Waals surface area contributed by atoms with Crippen LogP contribution in [0.4, 0.5) is 10.3 Å². The minimum Gasteiger partial charge on any atom is -0.328 e. The summed E-state index contributed by atoms with van der Waals surface area (Å²) in [7, 11) is 0. The first-order chi connectivity index (χ1) is 14.8. The third-order valence-electron chi connectivity index (χ3n) is 6.06. The predicted molar refractivity (Wildman–Crippen MR) is 118 cm³/mol. The van der Waals surface area contributed by atoms with Crippen LogP contribution in [0.1, 0.15) is 57.2 Å². The molecule has 1 aliphatic heterocycles. The summed E-state index contributed by atoms with van der Waals surface area (Å²) < 4.78 is 15.3. The molecule has 0 spiro atoms. The molecule has 2 aliphatic rings. The topological polar surface area (TPSA) is 59.8 Å². The van der Waals surface area contributed by atoms with E-state index < -0.39 is 6.04 Å². The Morgan fingerprint density at radius 2 is 1.74 bits per heavy atom. The molecule has 31 heavy (non-hydrogen) atoms. The van der Waals surface area contributed by atoms with Crippen molar-refractivity contribution in [2.24, 2.45) is 0 Å². The van der Waals surface area contributed by atoms with Gasteiger partial charge < -0.3 is 5.32 Å². The Kier molecular flexibility index (Phi) is 4.54. The van der Waals surface area contributed by atoms with Crippen LogP contribution in [0.2, 0.25) is 0 Å². The summed E-state index contributed by atoms with van der Waals surface area (Å²) in [5.41, 5.74) is 4.67. The largest absolute Gasteiger partial charge is 0.328 e. The normalized spacial score (nSPS) is 18.5. The second kappa shape index (κ2) is 7.15. The van der Waals surface area contributed by atoms with Crippen molar-refractivity contribution in [2.75, 3.05) is 5.32 Å². The molecule has 1 N–H and O–H groups in total. The zero-order valence-electron chi connectivity index (χ0n) is 17.9. The van der Waals surface area contributed by atoms with E-state index in [2.05, 4.69) is 38.2 Å². The molecule has 1 atom stereocenters. The second-order valence-electron chi connectivity index (χ2n) is 9.28. The predicted octanol–water partition coefficient (Wildman–Crippen LogP) is 5.40. The van der Waals surface area contributed by atoms with Crippen molar-refractivity contribution in [3.63, 3.8) is 0 Å². The van der Waals surface area contributed by atoms with Gasteiger partial charge in [-0.15, -0.1) is 5.10 Å². The van der Waals surface area contributed by atoms with Crippen molar-refractivity contribution in [2.45, 2.75) is 51.5 Å². The molecule has 5 rings (SSSR count). The average molecular weight is 417 g/mol. The van der Waals surface area contributed by atoms with Crippen molar-refractivity contribution < 1.29 is 9.18 Å². The van der Waals surface area contributed by atoms with Gasteiger partial charge in [-0.2, -0.15) is 4.98 Å². The monoisotopic (exact) mass is 416 g/mol. The van der Waals surface area contributed by atoms with E-state index in [9.17, 15) is 9.18 Å². The maximum atomic E-state index is 13.6. The molecule has 5 nitrogen and oxygen atoms in total. The molecule has 3 aromatic rings. The van der Waals surface area contributed by atoms with Crippen molar-refractivity contribution in [3.8, 4) is 11.4 Å². The van der Waals surface area contributed by atoms with Crippen LogP contribution in [0.25, 0.3) is 11.4 Å². The van der Waals surface area contributed by atoms with Gasteiger partial charge >= 0.3 is 0 Å². The Morgan fingerprint density at radius 1 is 1.03 bits per heavy atom. The lowest BCUT2D eigenvalue weighted by Crippen LogP contribution is -2.31. The van der Waals surface area contributed by atoms with Crippen LogP contribution < -0.4 is 5.32 Å². The van der Waals surface area contributed by atoms with E-state index in [0.717, 1.165) is 29.7 Å². The Labute approximate surface area is 181 Å². The van der Waals surface area contributed by atoms with Crippen molar-refractivity contribution >= 4 is 11.7 Å². The Bertz CT molecular complexity index is 1180. The van der Waals surface area contributed by atoms with Gasteiger partial charge in [0.25, 0.3) is 0 Å². The van der Waals surface area contributed by atoms with E-state index in [0.29, 0.717) is 23.8 Å². The van der Waals surface area contributed by atoms with Gasteiger partial charge in [-0.1, -0.05) is 57.2 Å². The highest BCUT2D eigenvalue weighted by Crippen LogP contribution is 2.40. The first-order valence-corrected chi connectivity index (χ1v) is 10.7. The van der Waals surface area contributed by atoms with E-state index in [4.69, 9.17) is 10.1 Å². The molecule has 1 unspecified atom stereocenters. The maximum absolute atomic E-state index is 13.6. The number of benzene rings is 2. The van der Waals surface area contributed by atoms with Crippen LogP contribution in [-0.2, 0) is 10.2 Å². The van der Waals surface area contributed by atoms with Crippen LogP contribution in [-0.4, -0.2) is 20.5 Å². The number of ketones is 1. The number of nitrogens with zero attached hydrogens (tertiary/aromatic N) is 3. The highest BCUT2D eigenvalue weighted by Gasteiger charge is 2.36. The van der Waals surface area contributed by atoms with Crippen molar-refractivity contribution in [1.82, 2.24) is 14.8 Å². The molecule has 0 amide bonds. The lowest BCUT2D eigenvalue weighted by atomic mass is 9.85. The fraction of sp³-hybridized carbons (Fsp3) is 0.320. The molecule has 2 heterocycles. The number of fused-ring (bicyclic) bond motifs is 1.